The Balaban J connectivity index is 1.64. The summed E-state index contributed by atoms with van der Waals surface area (Å²) in [7, 11) is 0. The predicted octanol–water partition coefficient (Wildman–Crippen LogP) is 3.13. The van der Waals surface area contributed by atoms with Gasteiger partial charge in [0, 0.05) is 25.8 Å². The van der Waals surface area contributed by atoms with Crippen LogP contribution < -0.4 is 5.32 Å². The number of rotatable bonds is 6. The van der Waals surface area contributed by atoms with Crippen LogP contribution >= 0.6 is 0 Å². The molecule has 3 heteroatoms. The van der Waals surface area contributed by atoms with Crippen LogP contribution in [-0.2, 0) is 9.47 Å². The zero-order chi connectivity index (χ0) is 13.6. The Morgan fingerprint density at radius 1 is 1.26 bits per heavy atom. The Morgan fingerprint density at radius 2 is 2.05 bits per heavy atom. The van der Waals surface area contributed by atoms with Gasteiger partial charge in [0.1, 0.15) is 0 Å². The molecule has 1 spiro atoms. The second-order valence-electron chi connectivity index (χ2n) is 6.70. The normalized spacial score (nSPS) is 27.0. The lowest BCUT2D eigenvalue weighted by Crippen LogP contribution is -2.48. The number of hydrogen-bond donors (Lipinski definition) is 1. The van der Waals surface area contributed by atoms with Crippen LogP contribution in [0.5, 0.6) is 0 Å². The molecule has 0 radical (unpaired) electrons. The Bertz CT molecular complexity index is 244. The second kappa shape index (κ2) is 7.61. The molecule has 3 nitrogen and oxygen atoms in total. The van der Waals surface area contributed by atoms with Crippen molar-refractivity contribution < 1.29 is 9.47 Å². The number of hydrogen-bond acceptors (Lipinski definition) is 3. The first-order chi connectivity index (χ1) is 9.20. The summed E-state index contributed by atoms with van der Waals surface area (Å²) in [4.78, 5) is 0. The molecular formula is C16H31NO2. The van der Waals surface area contributed by atoms with Crippen molar-refractivity contribution in [2.24, 2.45) is 5.92 Å². The van der Waals surface area contributed by atoms with E-state index in [4.69, 9.17) is 9.47 Å². The summed E-state index contributed by atoms with van der Waals surface area (Å²) in [6.07, 6.45) is 9.01. The van der Waals surface area contributed by atoms with Crippen molar-refractivity contribution in [3.05, 3.63) is 0 Å². The molecule has 0 aromatic heterocycles. The predicted molar refractivity (Wildman–Crippen MR) is 78.4 cm³/mol. The van der Waals surface area contributed by atoms with Crippen LogP contribution in [0.25, 0.3) is 0 Å². The van der Waals surface area contributed by atoms with Gasteiger partial charge in [-0.2, -0.15) is 0 Å². The van der Waals surface area contributed by atoms with Gasteiger partial charge in [0.15, 0.2) is 0 Å². The molecule has 1 atom stereocenters. The largest absolute Gasteiger partial charge is 0.380 e. The highest BCUT2D eigenvalue weighted by atomic mass is 16.5. The van der Waals surface area contributed by atoms with Crippen LogP contribution in [-0.4, -0.2) is 38.0 Å². The van der Waals surface area contributed by atoms with Crippen LogP contribution in [0.15, 0.2) is 0 Å². The fourth-order valence-corrected chi connectivity index (χ4v) is 3.40. The molecule has 1 unspecified atom stereocenters. The molecule has 2 aliphatic rings. The lowest BCUT2D eigenvalue weighted by molar-refractivity contribution is -0.109. The van der Waals surface area contributed by atoms with E-state index in [0.29, 0.717) is 12.0 Å². The van der Waals surface area contributed by atoms with Crippen molar-refractivity contribution in [1.82, 2.24) is 5.32 Å². The van der Waals surface area contributed by atoms with Gasteiger partial charge in [0.25, 0.3) is 0 Å². The Hall–Kier alpha value is -0.120. The summed E-state index contributed by atoms with van der Waals surface area (Å²) < 4.78 is 11.8. The molecule has 2 fully saturated rings. The first-order valence-electron chi connectivity index (χ1n) is 8.15. The summed E-state index contributed by atoms with van der Waals surface area (Å²) >= 11 is 0. The van der Waals surface area contributed by atoms with E-state index >= 15 is 0 Å². The molecule has 0 bridgehead atoms. The summed E-state index contributed by atoms with van der Waals surface area (Å²) in [6, 6.07) is 0.634. The minimum absolute atomic E-state index is 0.215. The molecule has 1 N–H and O–H groups in total. The zero-order valence-electron chi connectivity index (χ0n) is 12.7. The minimum atomic E-state index is 0.215. The lowest BCUT2D eigenvalue weighted by Gasteiger charge is -2.43. The van der Waals surface area contributed by atoms with Gasteiger partial charge in [-0.15, -0.1) is 0 Å². The monoisotopic (exact) mass is 269 g/mol. The third-order valence-corrected chi connectivity index (χ3v) is 4.39. The summed E-state index contributed by atoms with van der Waals surface area (Å²) in [6.45, 7) is 8.01. The van der Waals surface area contributed by atoms with Crippen LogP contribution in [0.2, 0.25) is 0 Å². The SMILES string of the molecule is CC(C)COCCNC1CCOC2(CCCCC2)C1. The van der Waals surface area contributed by atoms with Crippen LogP contribution in [0.1, 0.15) is 58.8 Å². The fraction of sp³-hybridized carbons (Fsp3) is 1.00. The Labute approximate surface area is 118 Å². The van der Waals surface area contributed by atoms with E-state index < -0.39 is 0 Å². The van der Waals surface area contributed by atoms with E-state index in [0.717, 1.165) is 32.8 Å². The average molecular weight is 269 g/mol. The highest BCUT2D eigenvalue weighted by Gasteiger charge is 2.38. The van der Waals surface area contributed by atoms with Gasteiger partial charge in [0.2, 0.25) is 0 Å². The van der Waals surface area contributed by atoms with E-state index in [1.807, 2.05) is 0 Å². The highest BCUT2D eigenvalue weighted by molar-refractivity contribution is 4.91. The van der Waals surface area contributed by atoms with Gasteiger partial charge in [0.05, 0.1) is 12.2 Å². The molecule has 1 aliphatic heterocycles. The standard InChI is InChI=1S/C16H31NO2/c1-14(2)13-18-11-9-17-15-6-10-19-16(12-15)7-4-3-5-8-16/h14-15,17H,3-13H2,1-2H3. The number of ether oxygens (including phenoxy) is 2. The smallest absolute Gasteiger partial charge is 0.0697 e. The molecule has 1 heterocycles. The second-order valence-corrected chi connectivity index (χ2v) is 6.70. The molecule has 19 heavy (non-hydrogen) atoms. The van der Waals surface area contributed by atoms with E-state index in [9.17, 15) is 0 Å². The van der Waals surface area contributed by atoms with Gasteiger partial charge in [-0.3, -0.25) is 0 Å². The molecule has 2 rings (SSSR count). The molecule has 0 amide bonds. The van der Waals surface area contributed by atoms with Crippen molar-refractivity contribution in [3.63, 3.8) is 0 Å². The fourth-order valence-electron chi connectivity index (χ4n) is 3.40. The van der Waals surface area contributed by atoms with Gasteiger partial charge < -0.3 is 14.8 Å². The Morgan fingerprint density at radius 3 is 2.79 bits per heavy atom. The number of nitrogens with one attached hydrogen (secondary N) is 1. The first kappa shape index (κ1) is 15.3. The topological polar surface area (TPSA) is 30.5 Å². The first-order valence-corrected chi connectivity index (χ1v) is 8.15. The Kier molecular flexibility index (Phi) is 6.11. The molecular weight excluding hydrogens is 238 g/mol. The maximum absolute atomic E-state index is 6.12. The summed E-state index contributed by atoms with van der Waals surface area (Å²) in [5.74, 6) is 0.633. The molecule has 1 saturated carbocycles. The third-order valence-electron chi connectivity index (χ3n) is 4.39. The third kappa shape index (κ3) is 5.05. The van der Waals surface area contributed by atoms with Crippen molar-refractivity contribution in [1.29, 1.82) is 0 Å². The van der Waals surface area contributed by atoms with E-state index in [1.165, 1.54) is 38.5 Å². The zero-order valence-corrected chi connectivity index (χ0v) is 12.7. The van der Waals surface area contributed by atoms with Crippen molar-refractivity contribution in [3.8, 4) is 0 Å². The van der Waals surface area contributed by atoms with E-state index in [1.54, 1.807) is 0 Å². The van der Waals surface area contributed by atoms with Gasteiger partial charge in [-0.05, 0) is 31.6 Å². The van der Waals surface area contributed by atoms with Gasteiger partial charge in [-0.1, -0.05) is 33.1 Å². The van der Waals surface area contributed by atoms with Crippen molar-refractivity contribution >= 4 is 0 Å². The quantitative estimate of drug-likeness (QED) is 0.752. The van der Waals surface area contributed by atoms with E-state index in [2.05, 4.69) is 19.2 Å². The maximum atomic E-state index is 6.12. The van der Waals surface area contributed by atoms with Gasteiger partial charge in [-0.25, -0.2) is 0 Å². The van der Waals surface area contributed by atoms with E-state index in [-0.39, 0.29) is 5.60 Å². The van der Waals surface area contributed by atoms with Crippen LogP contribution in [0.4, 0.5) is 0 Å². The maximum Gasteiger partial charge on any atom is 0.0697 e. The average Bonchev–Trinajstić information content (AvgIpc) is 2.39. The van der Waals surface area contributed by atoms with Crippen LogP contribution in [0, 0.1) is 5.92 Å². The molecule has 112 valence electrons. The van der Waals surface area contributed by atoms with Gasteiger partial charge >= 0.3 is 0 Å². The molecule has 1 aliphatic carbocycles. The highest BCUT2D eigenvalue weighted by Crippen LogP contribution is 2.38. The lowest BCUT2D eigenvalue weighted by atomic mass is 9.78. The summed E-state index contributed by atoms with van der Waals surface area (Å²) in [5.41, 5.74) is 0.215. The van der Waals surface area contributed by atoms with Crippen molar-refractivity contribution in [2.75, 3.05) is 26.4 Å². The minimum Gasteiger partial charge on any atom is -0.380 e. The van der Waals surface area contributed by atoms with Crippen molar-refractivity contribution in [2.45, 2.75) is 70.4 Å². The summed E-state index contributed by atoms with van der Waals surface area (Å²) in [5, 5.41) is 3.66. The molecule has 0 aromatic rings. The van der Waals surface area contributed by atoms with Crippen LogP contribution in [0.3, 0.4) is 0 Å². The molecule has 0 aromatic carbocycles. The molecule has 1 saturated heterocycles.